The lowest BCUT2D eigenvalue weighted by atomic mass is 10.0. The lowest BCUT2D eigenvalue weighted by molar-refractivity contribution is 0.648. The highest BCUT2D eigenvalue weighted by Crippen LogP contribution is 2.45. The Bertz CT molecular complexity index is 3890. The normalized spacial score (nSPS) is 16.0. The first kappa shape index (κ1) is 35.7. The summed E-state index contributed by atoms with van der Waals surface area (Å²) in [5.41, 5.74) is 20.3. The summed E-state index contributed by atoms with van der Waals surface area (Å²) >= 11 is 0. The standard InChI is InChI=1S/C62H42N2Si/c1-3-17-43(18-4-1)63-57-29-27-45(35-53(57)55-37-51-41(33-59(55)63)31-39-15-7-9-21-47(39)51)65(61-25-13-11-23-49(61)50-24-12-14-26-62(50)65)46-28-30-58-54(36-46)56-38-52-42(32-40-16-8-10-22-48(40)52)34-60(56)64(58)44-19-5-2-6-20-44/h1-19,21-30,33-38,44H,20,31-32H2. The van der Waals surface area contributed by atoms with Gasteiger partial charge in [-0.3, -0.25) is 0 Å². The van der Waals surface area contributed by atoms with Crippen molar-refractivity contribution in [1.82, 2.24) is 9.13 Å². The molecule has 15 rings (SSSR count). The van der Waals surface area contributed by atoms with E-state index in [2.05, 4.69) is 221 Å². The molecule has 1 atom stereocenters. The minimum Gasteiger partial charge on any atom is -0.333 e. The van der Waals surface area contributed by atoms with Crippen molar-refractivity contribution >= 4 is 72.4 Å². The largest absolute Gasteiger partial charge is 0.333 e. The van der Waals surface area contributed by atoms with Gasteiger partial charge in [-0.05, 0) is 144 Å². The molecule has 0 N–H and O–H groups in total. The number of rotatable bonds is 4. The van der Waals surface area contributed by atoms with E-state index in [1.54, 1.807) is 0 Å². The average molecular weight is 843 g/mol. The third kappa shape index (κ3) is 4.78. The van der Waals surface area contributed by atoms with Crippen molar-refractivity contribution in [1.29, 1.82) is 0 Å². The second-order valence-corrected chi connectivity index (χ2v) is 22.4. The number of para-hydroxylation sites is 1. The van der Waals surface area contributed by atoms with E-state index in [1.165, 1.54) is 126 Å². The summed E-state index contributed by atoms with van der Waals surface area (Å²) in [4.78, 5) is 0. The molecule has 3 heteroatoms. The number of aromatic nitrogens is 2. The maximum atomic E-state index is 2.64. The predicted octanol–water partition coefficient (Wildman–Crippen LogP) is 12.4. The molecule has 65 heavy (non-hydrogen) atoms. The van der Waals surface area contributed by atoms with Crippen molar-refractivity contribution in [3.8, 4) is 39.1 Å². The lowest BCUT2D eigenvalue weighted by Crippen LogP contribution is -2.72. The number of nitrogens with zero attached hydrogens (tertiary/aromatic N) is 2. The van der Waals surface area contributed by atoms with Crippen molar-refractivity contribution in [3.05, 3.63) is 235 Å². The molecule has 0 bridgehead atoms. The minimum absolute atomic E-state index is 0.254. The van der Waals surface area contributed by atoms with Crippen LogP contribution in [0, 0.1) is 0 Å². The molecular weight excluding hydrogens is 801 g/mol. The van der Waals surface area contributed by atoms with Gasteiger partial charge in [-0.1, -0.05) is 164 Å². The first-order valence-electron chi connectivity index (χ1n) is 23.2. The van der Waals surface area contributed by atoms with E-state index in [0.717, 1.165) is 19.3 Å². The van der Waals surface area contributed by atoms with Crippen LogP contribution < -0.4 is 20.7 Å². The maximum Gasteiger partial charge on any atom is 0.180 e. The van der Waals surface area contributed by atoms with E-state index >= 15 is 0 Å². The van der Waals surface area contributed by atoms with Gasteiger partial charge in [0.15, 0.2) is 8.07 Å². The zero-order valence-electron chi connectivity index (χ0n) is 35.8. The van der Waals surface area contributed by atoms with Crippen molar-refractivity contribution in [2.45, 2.75) is 25.3 Å². The van der Waals surface area contributed by atoms with Gasteiger partial charge in [0.1, 0.15) is 0 Å². The Kier molecular flexibility index (Phi) is 7.23. The van der Waals surface area contributed by atoms with Crippen LogP contribution in [0.2, 0.25) is 0 Å². The first-order chi connectivity index (χ1) is 32.2. The summed E-state index contributed by atoms with van der Waals surface area (Å²) in [6.45, 7) is 0. The molecule has 0 fully saturated rings. The molecule has 0 amide bonds. The quantitative estimate of drug-likeness (QED) is 0.156. The number of allylic oxidation sites excluding steroid dienone is 4. The molecule has 3 heterocycles. The van der Waals surface area contributed by atoms with Crippen LogP contribution in [0.25, 0.3) is 82.7 Å². The first-order valence-corrected chi connectivity index (χ1v) is 25.2. The van der Waals surface area contributed by atoms with E-state index in [-0.39, 0.29) is 6.04 Å². The molecule has 0 radical (unpaired) electrons. The molecule has 1 unspecified atom stereocenters. The summed E-state index contributed by atoms with van der Waals surface area (Å²) in [6.07, 6.45) is 12.1. The van der Waals surface area contributed by atoms with Gasteiger partial charge in [0.05, 0.1) is 17.1 Å². The van der Waals surface area contributed by atoms with Crippen molar-refractivity contribution in [3.63, 3.8) is 0 Å². The van der Waals surface area contributed by atoms with Gasteiger partial charge >= 0.3 is 0 Å². The van der Waals surface area contributed by atoms with E-state index in [9.17, 15) is 0 Å². The number of fused-ring (bicyclic) bond motifs is 15. The smallest absolute Gasteiger partial charge is 0.180 e. The van der Waals surface area contributed by atoms with Gasteiger partial charge in [-0.15, -0.1) is 0 Å². The van der Waals surface area contributed by atoms with Gasteiger partial charge in [0.2, 0.25) is 0 Å². The Morgan fingerprint density at radius 2 is 0.908 bits per heavy atom. The second-order valence-electron chi connectivity index (χ2n) is 18.7. The number of benzene rings is 9. The maximum absolute atomic E-state index is 2.94. The Labute approximate surface area is 378 Å². The number of hydrogen-bond donors (Lipinski definition) is 0. The topological polar surface area (TPSA) is 9.86 Å². The molecule has 4 aliphatic rings. The summed E-state index contributed by atoms with van der Waals surface area (Å²) in [7, 11) is -2.94. The highest BCUT2D eigenvalue weighted by Gasteiger charge is 2.49. The van der Waals surface area contributed by atoms with Gasteiger partial charge in [-0.25, -0.2) is 0 Å². The molecule has 304 valence electrons. The third-order valence-corrected chi connectivity index (χ3v) is 20.4. The van der Waals surface area contributed by atoms with Crippen LogP contribution in [-0.4, -0.2) is 17.2 Å². The van der Waals surface area contributed by atoms with Crippen LogP contribution >= 0.6 is 0 Å². The lowest BCUT2D eigenvalue weighted by Gasteiger charge is -2.31. The second kappa shape index (κ2) is 13.2. The fourth-order valence-electron chi connectivity index (χ4n) is 12.8. The predicted molar refractivity (Wildman–Crippen MR) is 275 cm³/mol. The summed E-state index contributed by atoms with van der Waals surface area (Å²) in [5.74, 6) is 0. The molecule has 1 aliphatic heterocycles. The zero-order chi connectivity index (χ0) is 42.4. The van der Waals surface area contributed by atoms with E-state index < -0.39 is 8.07 Å². The van der Waals surface area contributed by atoms with Crippen LogP contribution in [0.4, 0.5) is 0 Å². The minimum atomic E-state index is -2.94. The third-order valence-electron chi connectivity index (χ3n) is 15.5. The molecule has 0 saturated heterocycles. The highest BCUT2D eigenvalue weighted by atomic mass is 28.3. The molecule has 0 saturated carbocycles. The van der Waals surface area contributed by atoms with E-state index in [1.807, 2.05) is 0 Å². The fraction of sp³-hybridized carbons (Fsp3) is 0.0645. The van der Waals surface area contributed by atoms with Gasteiger partial charge < -0.3 is 9.13 Å². The Balaban J connectivity index is 1.04. The molecule has 2 nitrogen and oxygen atoms in total. The van der Waals surface area contributed by atoms with E-state index in [0.29, 0.717) is 0 Å². The Morgan fingerprint density at radius 1 is 0.385 bits per heavy atom. The fourth-order valence-corrected chi connectivity index (χ4v) is 18.0. The van der Waals surface area contributed by atoms with Crippen LogP contribution in [0.1, 0.15) is 34.7 Å². The zero-order valence-corrected chi connectivity index (χ0v) is 36.8. The average Bonchev–Trinajstić information content (AvgIpc) is 4.16. The molecule has 3 aliphatic carbocycles. The molecule has 9 aromatic carbocycles. The van der Waals surface area contributed by atoms with Gasteiger partial charge in [0, 0.05) is 38.3 Å². The van der Waals surface area contributed by atoms with Crippen LogP contribution in [0.15, 0.2) is 212 Å². The molecule has 11 aromatic rings. The van der Waals surface area contributed by atoms with Crippen molar-refractivity contribution in [2.75, 3.05) is 0 Å². The number of hydrogen-bond acceptors (Lipinski definition) is 0. The van der Waals surface area contributed by atoms with Crippen LogP contribution in [0.5, 0.6) is 0 Å². The summed E-state index contributed by atoms with van der Waals surface area (Å²) in [5, 5.41) is 11.1. The Hall–Kier alpha value is -7.72. The van der Waals surface area contributed by atoms with Crippen molar-refractivity contribution in [2.24, 2.45) is 0 Å². The molecular formula is C62H42N2Si. The van der Waals surface area contributed by atoms with E-state index in [4.69, 9.17) is 0 Å². The molecule has 2 aromatic heterocycles. The monoisotopic (exact) mass is 842 g/mol. The van der Waals surface area contributed by atoms with Crippen molar-refractivity contribution < 1.29 is 0 Å². The van der Waals surface area contributed by atoms with Gasteiger partial charge in [0.25, 0.3) is 0 Å². The van der Waals surface area contributed by atoms with Gasteiger partial charge in [-0.2, -0.15) is 0 Å². The molecule has 0 spiro atoms. The summed E-state index contributed by atoms with van der Waals surface area (Å²) in [6, 6.07) is 73.2. The Morgan fingerprint density at radius 3 is 1.54 bits per heavy atom. The SMILES string of the molecule is C1=CCC(n2c3ccc([Si]4(c5ccc6c(c5)c5cc7c(cc5n6-c5ccccc5)Cc5ccccc5-7)c5ccccc5-c5ccccc54)cc3c3cc4c(cc32)Cc2ccccc2-4)C=C1. The highest BCUT2D eigenvalue weighted by molar-refractivity contribution is 7.22. The van der Waals surface area contributed by atoms with Crippen LogP contribution in [-0.2, 0) is 12.8 Å². The summed E-state index contributed by atoms with van der Waals surface area (Å²) < 4.78 is 5.15. The van der Waals surface area contributed by atoms with Crippen LogP contribution in [0.3, 0.4) is 0 Å².